The summed E-state index contributed by atoms with van der Waals surface area (Å²) in [5, 5.41) is 16.9. The molecule has 0 spiro atoms. The Morgan fingerprint density at radius 1 is 0.930 bits per heavy atom. The van der Waals surface area contributed by atoms with Gasteiger partial charge in [0.2, 0.25) is 17.7 Å². The molecule has 8 rings (SSSR count). The molecule has 292 valence electrons. The van der Waals surface area contributed by atoms with Crippen LogP contribution in [-0.4, -0.2) is 79.6 Å². The second kappa shape index (κ2) is 15.6. The third kappa shape index (κ3) is 8.41. The number of piperidine rings is 1. The van der Waals surface area contributed by atoms with E-state index in [4.69, 9.17) is 4.52 Å². The number of carbonyl (C=O) groups is 3. The molecule has 3 amide bonds. The Bertz CT molecular complexity index is 2420. The van der Waals surface area contributed by atoms with Crippen molar-refractivity contribution in [2.24, 2.45) is 0 Å². The van der Waals surface area contributed by atoms with E-state index < -0.39 is 0 Å². The first-order valence-electron chi connectivity index (χ1n) is 19.3. The summed E-state index contributed by atoms with van der Waals surface area (Å²) in [7, 11) is 0. The zero-order valence-corrected chi connectivity index (χ0v) is 32.6. The smallest absolute Gasteiger partial charge is 0.292 e. The molecular weight excluding hydrogens is 721 g/mol. The second-order valence-electron chi connectivity index (χ2n) is 15.8. The number of piperazine rings is 1. The Balaban J connectivity index is 0.858. The predicted molar refractivity (Wildman–Crippen MR) is 216 cm³/mol. The van der Waals surface area contributed by atoms with Crippen LogP contribution in [0.25, 0.3) is 27.9 Å². The van der Waals surface area contributed by atoms with Crippen molar-refractivity contribution in [3.8, 4) is 22.4 Å². The van der Waals surface area contributed by atoms with Crippen molar-refractivity contribution in [2.75, 3.05) is 36.4 Å². The SMILES string of the molecule is Cc1cc(-c2ncnn3cc(-c4ccc(CN5CCN(c6ccc(NC7CCC(=O)NC7=O)cc6)CC5)cc4)cc23)ccc1CNC(=O)c1noc(C(C)(C)C)n1. The van der Waals surface area contributed by atoms with Crippen molar-refractivity contribution in [3.63, 3.8) is 0 Å². The summed E-state index contributed by atoms with van der Waals surface area (Å²) in [5.41, 5.74) is 9.80. The zero-order valence-electron chi connectivity index (χ0n) is 32.6. The number of anilines is 2. The number of amides is 3. The molecule has 0 aliphatic carbocycles. The Morgan fingerprint density at radius 3 is 2.39 bits per heavy atom. The zero-order chi connectivity index (χ0) is 39.7. The van der Waals surface area contributed by atoms with Gasteiger partial charge < -0.3 is 20.1 Å². The average Bonchev–Trinajstić information content (AvgIpc) is 3.89. The molecule has 0 bridgehead atoms. The van der Waals surface area contributed by atoms with E-state index in [-0.39, 0.29) is 35.0 Å². The molecule has 3 aromatic carbocycles. The van der Waals surface area contributed by atoms with Gasteiger partial charge in [0.15, 0.2) is 0 Å². The quantitative estimate of drug-likeness (QED) is 0.151. The molecule has 6 aromatic rings. The predicted octanol–water partition coefficient (Wildman–Crippen LogP) is 5.52. The summed E-state index contributed by atoms with van der Waals surface area (Å²) in [6.07, 6.45) is 4.46. The van der Waals surface area contributed by atoms with E-state index in [0.717, 1.165) is 83.1 Å². The van der Waals surface area contributed by atoms with Crippen LogP contribution in [0.1, 0.15) is 66.8 Å². The van der Waals surface area contributed by atoms with Gasteiger partial charge in [-0.05, 0) is 72.0 Å². The molecule has 2 saturated heterocycles. The highest BCUT2D eigenvalue weighted by Crippen LogP contribution is 2.30. The summed E-state index contributed by atoms with van der Waals surface area (Å²) in [5.74, 6) is -0.419. The minimum atomic E-state index is -0.389. The maximum atomic E-state index is 12.7. The van der Waals surface area contributed by atoms with Gasteiger partial charge in [-0.25, -0.2) is 9.50 Å². The topological polar surface area (TPSA) is 163 Å². The summed E-state index contributed by atoms with van der Waals surface area (Å²) in [4.78, 5) is 50.1. The van der Waals surface area contributed by atoms with Crippen molar-refractivity contribution in [2.45, 2.75) is 65.1 Å². The van der Waals surface area contributed by atoms with Crippen LogP contribution in [0.15, 0.2) is 89.8 Å². The number of aromatic nitrogens is 5. The normalized spacial score (nSPS) is 16.5. The Labute approximate surface area is 330 Å². The van der Waals surface area contributed by atoms with Gasteiger partial charge in [-0.15, -0.1) is 0 Å². The summed E-state index contributed by atoms with van der Waals surface area (Å²) in [6.45, 7) is 12.9. The summed E-state index contributed by atoms with van der Waals surface area (Å²) in [6, 6.07) is 24.8. The molecule has 14 heteroatoms. The number of hydrogen-bond donors (Lipinski definition) is 3. The highest BCUT2D eigenvalue weighted by Gasteiger charge is 2.27. The number of nitrogens with zero attached hydrogens (tertiary/aromatic N) is 7. The third-order valence-corrected chi connectivity index (χ3v) is 10.6. The van der Waals surface area contributed by atoms with Crippen molar-refractivity contribution in [3.05, 3.63) is 114 Å². The Kier molecular flexibility index (Phi) is 10.3. The number of imide groups is 1. The van der Waals surface area contributed by atoms with Crippen LogP contribution in [0.5, 0.6) is 0 Å². The van der Waals surface area contributed by atoms with Crippen molar-refractivity contribution >= 4 is 34.6 Å². The first-order chi connectivity index (χ1) is 27.5. The molecule has 2 aliphatic rings. The van der Waals surface area contributed by atoms with Crippen molar-refractivity contribution in [1.82, 2.24) is 40.3 Å². The highest BCUT2D eigenvalue weighted by atomic mass is 16.5. The Morgan fingerprint density at radius 2 is 1.68 bits per heavy atom. The molecular formula is C43H46N10O4. The highest BCUT2D eigenvalue weighted by molar-refractivity contribution is 6.01. The van der Waals surface area contributed by atoms with Crippen molar-refractivity contribution in [1.29, 1.82) is 0 Å². The van der Waals surface area contributed by atoms with Crippen LogP contribution >= 0.6 is 0 Å². The number of benzene rings is 3. The largest absolute Gasteiger partial charge is 0.374 e. The van der Waals surface area contributed by atoms with Gasteiger partial charge in [-0.1, -0.05) is 62.3 Å². The maximum Gasteiger partial charge on any atom is 0.292 e. The molecule has 3 aromatic heterocycles. The van der Waals surface area contributed by atoms with E-state index >= 15 is 0 Å². The molecule has 1 unspecified atom stereocenters. The van der Waals surface area contributed by atoms with Crippen LogP contribution in [0, 0.1) is 6.92 Å². The monoisotopic (exact) mass is 766 g/mol. The fraction of sp³-hybridized carbons (Fsp3) is 0.326. The number of hydrogen-bond acceptors (Lipinski definition) is 11. The van der Waals surface area contributed by atoms with Gasteiger partial charge in [-0.3, -0.25) is 24.6 Å². The minimum Gasteiger partial charge on any atom is -0.374 e. The summed E-state index contributed by atoms with van der Waals surface area (Å²) < 4.78 is 7.14. The van der Waals surface area contributed by atoms with Gasteiger partial charge in [0, 0.05) is 79.8 Å². The number of aryl methyl sites for hydroxylation is 1. The van der Waals surface area contributed by atoms with Crippen LogP contribution in [0.2, 0.25) is 0 Å². The van der Waals surface area contributed by atoms with Gasteiger partial charge in [-0.2, -0.15) is 10.1 Å². The first kappa shape index (κ1) is 37.5. The van der Waals surface area contributed by atoms with Crippen LogP contribution in [0.3, 0.4) is 0 Å². The van der Waals surface area contributed by atoms with E-state index in [0.29, 0.717) is 25.3 Å². The molecule has 3 N–H and O–H groups in total. The molecule has 57 heavy (non-hydrogen) atoms. The lowest BCUT2D eigenvalue weighted by Gasteiger charge is -2.36. The molecule has 0 saturated carbocycles. The van der Waals surface area contributed by atoms with Crippen LogP contribution in [-0.2, 0) is 28.1 Å². The van der Waals surface area contributed by atoms with Gasteiger partial charge in [0.1, 0.15) is 12.4 Å². The van der Waals surface area contributed by atoms with Crippen LogP contribution < -0.4 is 20.9 Å². The van der Waals surface area contributed by atoms with E-state index in [1.54, 1.807) is 6.33 Å². The van der Waals surface area contributed by atoms with E-state index in [2.05, 4.69) is 94.5 Å². The molecule has 2 fully saturated rings. The fourth-order valence-corrected chi connectivity index (χ4v) is 7.25. The van der Waals surface area contributed by atoms with Crippen LogP contribution in [0.4, 0.5) is 11.4 Å². The van der Waals surface area contributed by atoms with Gasteiger partial charge in [0.05, 0.1) is 11.2 Å². The standard InChI is InChI=1S/C43H46N10O4/c1-27-21-30(9-10-31(27)23-44-41(56)39-49-42(57-50-39)43(2,3)4)38-36-22-32(25-53(36)46-26-45-38)29-7-5-28(6-8-29)24-51-17-19-52(20-18-51)34-13-11-33(12-14-34)47-35-15-16-37(54)48-40(35)55/h5-14,21-22,25-26,35,47H,15-20,23-24H2,1-4H3,(H,44,56)(H,48,54,55). The summed E-state index contributed by atoms with van der Waals surface area (Å²) >= 11 is 0. The molecule has 5 heterocycles. The molecule has 1 atom stereocenters. The maximum absolute atomic E-state index is 12.7. The second-order valence-corrected chi connectivity index (χ2v) is 15.8. The van der Waals surface area contributed by atoms with Crippen molar-refractivity contribution < 1.29 is 18.9 Å². The third-order valence-electron chi connectivity index (χ3n) is 10.6. The number of fused-ring (bicyclic) bond motifs is 1. The number of nitrogens with one attached hydrogen (secondary N) is 3. The minimum absolute atomic E-state index is 0.0232. The number of carbonyl (C=O) groups excluding carboxylic acids is 3. The van der Waals surface area contributed by atoms with E-state index in [9.17, 15) is 14.4 Å². The first-order valence-corrected chi connectivity index (χ1v) is 19.3. The lowest BCUT2D eigenvalue weighted by Crippen LogP contribution is -2.47. The lowest BCUT2D eigenvalue weighted by molar-refractivity contribution is -0.133. The van der Waals surface area contributed by atoms with Gasteiger partial charge in [0.25, 0.3) is 11.7 Å². The molecule has 2 aliphatic heterocycles. The average molecular weight is 767 g/mol. The number of rotatable bonds is 10. The Hall–Kier alpha value is -6.41. The van der Waals surface area contributed by atoms with E-state index in [1.165, 1.54) is 5.56 Å². The van der Waals surface area contributed by atoms with Gasteiger partial charge >= 0.3 is 0 Å². The fourth-order valence-electron chi connectivity index (χ4n) is 7.25. The molecule has 0 radical (unpaired) electrons. The van der Waals surface area contributed by atoms with E-state index in [1.807, 2.05) is 62.7 Å². The lowest BCUT2D eigenvalue weighted by atomic mass is 9.97. The molecule has 14 nitrogen and oxygen atoms in total.